The van der Waals surface area contributed by atoms with Crippen molar-refractivity contribution in [1.29, 1.82) is 0 Å². The molecule has 1 saturated carbocycles. The second-order valence-corrected chi connectivity index (χ2v) is 10.4. The van der Waals surface area contributed by atoms with E-state index in [0.717, 1.165) is 80.2 Å². The molecular formula is C30H37F3N2O3. The Morgan fingerprint density at radius 1 is 1.08 bits per heavy atom. The number of alkyl halides is 3. The third-order valence-electron chi connectivity index (χ3n) is 7.68. The topological polar surface area (TPSA) is 70.9 Å². The lowest BCUT2D eigenvalue weighted by atomic mass is 9.81. The summed E-state index contributed by atoms with van der Waals surface area (Å²) < 4.78 is 41.7. The number of rotatable bonds is 10. The summed E-state index contributed by atoms with van der Waals surface area (Å²) in [4.78, 5) is 16.4. The van der Waals surface area contributed by atoms with E-state index in [9.17, 15) is 18.0 Å². The summed E-state index contributed by atoms with van der Waals surface area (Å²) >= 11 is 0. The molecule has 0 radical (unpaired) electrons. The lowest BCUT2D eigenvalue weighted by molar-refractivity contribution is -0.139. The monoisotopic (exact) mass is 530 g/mol. The summed E-state index contributed by atoms with van der Waals surface area (Å²) in [6.07, 6.45) is 3.77. The van der Waals surface area contributed by atoms with Gasteiger partial charge in [0.2, 0.25) is 0 Å². The maximum atomic E-state index is 13.9. The van der Waals surface area contributed by atoms with Gasteiger partial charge < -0.3 is 15.3 Å². The highest BCUT2D eigenvalue weighted by molar-refractivity contribution is 6.02. The fourth-order valence-electron chi connectivity index (χ4n) is 5.70. The molecule has 206 valence electrons. The lowest BCUT2D eigenvalue weighted by Crippen LogP contribution is -2.20. The van der Waals surface area contributed by atoms with E-state index in [4.69, 9.17) is 9.94 Å². The predicted molar refractivity (Wildman–Crippen MR) is 141 cm³/mol. The Labute approximate surface area is 222 Å². The van der Waals surface area contributed by atoms with Gasteiger partial charge in [-0.05, 0) is 84.4 Å². The Balaban J connectivity index is 1.47. The molecule has 0 spiro atoms. The summed E-state index contributed by atoms with van der Waals surface area (Å²) in [6.45, 7) is 3.08. The number of fused-ring (bicyclic) bond motifs is 1. The van der Waals surface area contributed by atoms with E-state index in [-0.39, 0.29) is 18.9 Å². The van der Waals surface area contributed by atoms with Crippen molar-refractivity contribution >= 4 is 11.7 Å². The number of carboxylic acids is 1. The van der Waals surface area contributed by atoms with E-state index in [2.05, 4.69) is 29.5 Å². The molecule has 2 aromatic rings. The molecule has 2 aliphatic rings. The zero-order valence-corrected chi connectivity index (χ0v) is 22.0. The number of nitrogens with zero attached hydrogens (tertiary/aromatic N) is 1. The standard InChI is InChI=1S/C30H37F3N2O3/c1-2-21-17-26-23(16-24(21)18-34-14-13-29(36)37)9-6-10-28(26)35-38-19-20-11-12-25(22-7-4-3-5-8-22)27(15-20)30(31,32)33/h11-12,15-17,22,34H,2-10,13-14,18-19H2,1H3,(H,36,37)/b35-28-. The highest BCUT2D eigenvalue weighted by atomic mass is 19.4. The minimum Gasteiger partial charge on any atom is -0.481 e. The van der Waals surface area contributed by atoms with E-state index in [1.54, 1.807) is 12.1 Å². The molecule has 0 bridgehead atoms. The summed E-state index contributed by atoms with van der Waals surface area (Å²) in [6, 6.07) is 8.91. The second-order valence-electron chi connectivity index (χ2n) is 10.4. The average Bonchev–Trinajstić information content (AvgIpc) is 2.90. The van der Waals surface area contributed by atoms with Crippen molar-refractivity contribution in [2.45, 2.75) is 96.4 Å². The van der Waals surface area contributed by atoms with Gasteiger partial charge in [0.1, 0.15) is 6.61 Å². The highest BCUT2D eigenvalue weighted by Gasteiger charge is 2.35. The van der Waals surface area contributed by atoms with Crippen molar-refractivity contribution in [2.24, 2.45) is 5.16 Å². The van der Waals surface area contributed by atoms with Gasteiger partial charge in [-0.2, -0.15) is 13.2 Å². The first kappa shape index (κ1) is 28.1. The quantitative estimate of drug-likeness (QED) is 0.253. The molecule has 38 heavy (non-hydrogen) atoms. The third-order valence-corrected chi connectivity index (χ3v) is 7.68. The van der Waals surface area contributed by atoms with Crippen molar-refractivity contribution in [1.82, 2.24) is 5.32 Å². The van der Waals surface area contributed by atoms with Crippen LogP contribution in [0.25, 0.3) is 0 Å². The van der Waals surface area contributed by atoms with Crippen LogP contribution in [0.2, 0.25) is 0 Å². The van der Waals surface area contributed by atoms with E-state index >= 15 is 0 Å². The summed E-state index contributed by atoms with van der Waals surface area (Å²) in [5.74, 6) is -0.853. The number of aryl methyl sites for hydroxylation is 2. The zero-order valence-electron chi connectivity index (χ0n) is 22.0. The first-order valence-corrected chi connectivity index (χ1v) is 13.7. The molecule has 8 heteroatoms. The summed E-state index contributed by atoms with van der Waals surface area (Å²) in [5.41, 5.74) is 5.67. The number of carbonyl (C=O) groups is 1. The molecule has 0 amide bonds. The van der Waals surface area contributed by atoms with Gasteiger partial charge in [-0.25, -0.2) is 0 Å². The van der Waals surface area contributed by atoms with Crippen LogP contribution in [0.1, 0.15) is 103 Å². The second kappa shape index (κ2) is 12.8. The number of carboxylic acid groups (broad SMARTS) is 1. The molecule has 0 aliphatic heterocycles. The third kappa shape index (κ3) is 7.16. The van der Waals surface area contributed by atoms with Gasteiger partial charge in [-0.1, -0.05) is 49.5 Å². The van der Waals surface area contributed by atoms with Crippen LogP contribution in [0.3, 0.4) is 0 Å². The fraction of sp³-hybridized carbons (Fsp3) is 0.533. The van der Waals surface area contributed by atoms with Crippen molar-refractivity contribution in [2.75, 3.05) is 6.54 Å². The average molecular weight is 531 g/mol. The van der Waals surface area contributed by atoms with E-state index < -0.39 is 17.7 Å². The molecule has 5 nitrogen and oxygen atoms in total. The summed E-state index contributed by atoms with van der Waals surface area (Å²) in [7, 11) is 0. The zero-order chi connectivity index (χ0) is 27.1. The van der Waals surface area contributed by atoms with Gasteiger partial charge in [0, 0.05) is 18.7 Å². The van der Waals surface area contributed by atoms with Gasteiger partial charge in [0.25, 0.3) is 0 Å². The number of hydrogen-bond acceptors (Lipinski definition) is 4. The largest absolute Gasteiger partial charge is 0.481 e. The van der Waals surface area contributed by atoms with Crippen LogP contribution in [-0.4, -0.2) is 23.3 Å². The van der Waals surface area contributed by atoms with E-state index in [1.165, 1.54) is 11.6 Å². The van der Waals surface area contributed by atoms with Crippen LogP contribution in [-0.2, 0) is 41.8 Å². The maximum Gasteiger partial charge on any atom is 0.416 e. The molecule has 2 aromatic carbocycles. The van der Waals surface area contributed by atoms with Crippen molar-refractivity contribution in [3.05, 3.63) is 69.3 Å². The minimum atomic E-state index is -4.40. The molecule has 2 N–H and O–H groups in total. The normalized spacial score (nSPS) is 17.4. The smallest absolute Gasteiger partial charge is 0.416 e. The predicted octanol–water partition coefficient (Wildman–Crippen LogP) is 7.14. The number of nitrogens with one attached hydrogen (secondary N) is 1. The Morgan fingerprint density at radius 2 is 1.87 bits per heavy atom. The molecule has 4 rings (SSSR count). The van der Waals surface area contributed by atoms with Crippen molar-refractivity contribution < 1.29 is 27.9 Å². The van der Waals surface area contributed by atoms with Gasteiger partial charge >= 0.3 is 12.1 Å². The van der Waals surface area contributed by atoms with Gasteiger partial charge in [0.05, 0.1) is 17.7 Å². The Kier molecular flexibility index (Phi) is 9.47. The van der Waals surface area contributed by atoms with Crippen LogP contribution in [0.5, 0.6) is 0 Å². The van der Waals surface area contributed by atoms with E-state index in [1.807, 2.05) is 0 Å². The molecule has 0 atom stereocenters. The Hall–Kier alpha value is -2.87. The maximum absolute atomic E-state index is 13.9. The molecule has 0 unspecified atom stereocenters. The number of hydrogen-bond donors (Lipinski definition) is 2. The number of halogens is 3. The lowest BCUT2D eigenvalue weighted by Gasteiger charge is -2.25. The molecular weight excluding hydrogens is 493 g/mol. The van der Waals surface area contributed by atoms with Crippen LogP contribution < -0.4 is 5.32 Å². The number of oxime groups is 1. The van der Waals surface area contributed by atoms with E-state index in [0.29, 0.717) is 24.2 Å². The van der Waals surface area contributed by atoms with Crippen molar-refractivity contribution in [3.8, 4) is 0 Å². The van der Waals surface area contributed by atoms with Gasteiger partial charge in [-0.3, -0.25) is 4.79 Å². The molecule has 0 aromatic heterocycles. The van der Waals surface area contributed by atoms with Crippen LogP contribution in [0, 0.1) is 0 Å². The molecule has 0 saturated heterocycles. The fourth-order valence-corrected chi connectivity index (χ4v) is 5.70. The molecule has 0 heterocycles. The SMILES string of the molecule is CCc1cc2c(cc1CNCCC(=O)O)CCC/C2=N/OCc1ccc(C2CCCCC2)c(C(F)(F)F)c1. The number of benzene rings is 2. The Bertz CT molecular complexity index is 1150. The van der Waals surface area contributed by atoms with Crippen LogP contribution >= 0.6 is 0 Å². The first-order chi connectivity index (χ1) is 18.3. The first-order valence-electron chi connectivity index (χ1n) is 13.7. The Morgan fingerprint density at radius 3 is 2.58 bits per heavy atom. The molecule has 1 fully saturated rings. The van der Waals surface area contributed by atoms with Gasteiger partial charge in [-0.15, -0.1) is 0 Å². The minimum absolute atomic E-state index is 0.0148. The summed E-state index contributed by atoms with van der Waals surface area (Å²) in [5, 5.41) is 16.4. The van der Waals surface area contributed by atoms with Crippen LogP contribution in [0.15, 0.2) is 35.5 Å². The molecule has 2 aliphatic carbocycles. The van der Waals surface area contributed by atoms with Gasteiger partial charge in [0.15, 0.2) is 0 Å². The highest BCUT2D eigenvalue weighted by Crippen LogP contribution is 2.41. The number of aliphatic carboxylic acids is 1. The van der Waals surface area contributed by atoms with Crippen LogP contribution in [0.4, 0.5) is 13.2 Å². The van der Waals surface area contributed by atoms with Crippen molar-refractivity contribution in [3.63, 3.8) is 0 Å².